The lowest BCUT2D eigenvalue weighted by Gasteiger charge is -2.35. The van der Waals surface area contributed by atoms with Gasteiger partial charge in [-0.15, -0.1) is 0 Å². The van der Waals surface area contributed by atoms with Crippen LogP contribution >= 0.6 is 0 Å². The minimum Gasteiger partial charge on any atom is -0.310 e. The molecule has 0 aliphatic heterocycles. The number of rotatable bonds is 14. The van der Waals surface area contributed by atoms with Crippen LogP contribution in [0.15, 0.2) is 400 Å². The van der Waals surface area contributed by atoms with Gasteiger partial charge in [0.05, 0.1) is 32.9 Å². The van der Waals surface area contributed by atoms with Gasteiger partial charge in [-0.3, -0.25) is 0 Å². The van der Waals surface area contributed by atoms with Gasteiger partial charge in [0, 0.05) is 55.5 Å². The molecule has 2 heterocycles. The molecule has 1 atom stereocenters. The van der Waals surface area contributed by atoms with E-state index in [0.29, 0.717) is 0 Å². The van der Waals surface area contributed by atoms with E-state index in [1.54, 1.807) is 0 Å². The topological polar surface area (TPSA) is 13.1 Å². The Bertz CT molecular complexity index is 6100. The number of fused-ring (bicyclic) bond motifs is 12. The zero-order valence-corrected chi connectivity index (χ0v) is 56.5. The van der Waals surface area contributed by atoms with E-state index in [1.807, 2.05) is 0 Å². The van der Waals surface area contributed by atoms with E-state index >= 15 is 0 Å². The molecule has 17 aromatic rings. The molecule has 1 unspecified atom stereocenters. The summed E-state index contributed by atoms with van der Waals surface area (Å²) < 4.78 is 4.91. The summed E-state index contributed by atoms with van der Waals surface area (Å²) in [5, 5.41) is 4.83. The number of allylic oxidation sites excluding steroid dienone is 5. The molecule has 480 valence electrons. The van der Waals surface area contributed by atoms with Crippen LogP contribution in [0.4, 0.5) is 17.1 Å². The average molecular weight is 1300 g/mol. The summed E-state index contributed by atoms with van der Waals surface area (Å²) in [7, 11) is 0. The predicted octanol–water partition coefficient (Wildman–Crippen LogP) is 25.7. The molecule has 0 amide bonds. The van der Waals surface area contributed by atoms with Crippen LogP contribution < -0.4 is 4.90 Å². The molecule has 2 aliphatic carbocycles. The monoisotopic (exact) mass is 1300 g/mol. The minimum atomic E-state index is -0.811. The second-order valence-electron chi connectivity index (χ2n) is 27.1. The van der Waals surface area contributed by atoms with Gasteiger partial charge in [0.25, 0.3) is 0 Å². The maximum Gasteiger partial charge on any atom is 0.0714 e. The molecule has 2 aliphatic rings. The van der Waals surface area contributed by atoms with Crippen LogP contribution in [-0.4, -0.2) is 9.13 Å². The SMILES string of the molecule is C=C(/C=C\C=C/C)C1(c2ccccc2)c2cc(-c3ccc4c5ccccc5n(-c5ccccc5)c4c3)ccc2-c2ccc(-c3cc(-c4ccc5c(c4)C(c4ccccc4)(c4ccccc4)c4cc(N(c6ccccc6)c6ccccc6)ccc4-5)cc4c5ccccc5n(-c5ccccc5)c34)cc21. The van der Waals surface area contributed by atoms with E-state index < -0.39 is 10.8 Å². The van der Waals surface area contributed by atoms with Gasteiger partial charge in [0.2, 0.25) is 0 Å². The van der Waals surface area contributed by atoms with E-state index in [-0.39, 0.29) is 0 Å². The molecule has 0 fully saturated rings. The van der Waals surface area contributed by atoms with Crippen LogP contribution in [0.2, 0.25) is 0 Å². The molecule has 3 nitrogen and oxygen atoms in total. The van der Waals surface area contributed by atoms with E-state index in [4.69, 9.17) is 6.58 Å². The lowest BCUT2D eigenvalue weighted by atomic mass is 9.67. The molecule has 3 heteroatoms. The van der Waals surface area contributed by atoms with Crippen molar-refractivity contribution in [1.82, 2.24) is 9.13 Å². The van der Waals surface area contributed by atoms with Gasteiger partial charge in [0.15, 0.2) is 0 Å². The van der Waals surface area contributed by atoms with Gasteiger partial charge in [-0.1, -0.05) is 286 Å². The summed E-state index contributed by atoms with van der Waals surface area (Å²) in [6, 6.07) is 135. The van der Waals surface area contributed by atoms with Crippen molar-refractivity contribution >= 4 is 60.7 Å². The summed E-state index contributed by atoms with van der Waals surface area (Å²) in [5.41, 5.74) is 29.7. The van der Waals surface area contributed by atoms with Gasteiger partial charge >= 0.3 is 0 Å². The number of hydrogen-bond donors (Lipinski definition) is 0. The molecular formula is C99H69N3. The smallest absolute Gasteiger partial charge is 0.0714 e. The third-order valence-electron chi connectivity index (χ3n) is 21.7. The van der Waals surface area contributed by atoms with Crippen molar-refractivity contribution in [3.05, 3.63) is 439 Å². The van der Waals surface area contributed by atoms with Gasteiger partial charge in [-0.25, -0.2) is 0 Å². The van der Waals surface area contributed by atoms with Crippen molar-refractivity contribution < 1.29 is 0 Å². The van der Waals surface area contributed by atoms with Crippen LogP contribution in [0.1, 0.15) is 45.9 Å². The Kier molecular flexibility index (Phi) is 14.4. The molecule has 2 aromatic heterocycles. The van der Waals surface area contributed by atoms with E-state index in [1.165, 1.54) is 88.2 Å². The van der Waals surface area contributed by atoms with E-state index in [2.05, 4.69) is 409 Å². The third-order valence-corrected chi connectivity index (χ3v) is 21.7. The highest BCUT2D eigenvalue weighted by atomic mass is 15.1. The van der Waals surface area contributed by atoms with Gasteiger partial charge in [-0.2, -0.15) is 0 Å². The molecule has 15 aromatic carbocycles. The van der Waals surface area contributed by atoms with Gasteiger partial charge in [-0.05, 0) is 211 Å². The molecule has 0 saturated heterocycles. The first-order chi connectivity index (χ1) is 50.5. The second-order valence-corrected chi connectivity index (χ2v) is 27.1. The summed E-state index contributed by atoms with van der Waals surface area (Å²) in [6.45, 7) is 7.24. The quantitative estimate of drug-likeness (QED) is 0.0989. The minimum absolute atomic E-state index is 0.706. The Morgan fingerprint density at radius 2 is 0.725 bits per heavy atom. The van der Waals surface area contributed by atoms with Gasteiger partial charge in [0.1, 0.15) is 0 Å². The Hall–Kier alpha value is -13.1. The Balaban J connectivity index is 0.844. The maximum atomic E-state index is 5.17. The molecule has 0 bridgehead atoms. The van der Waals surface area contributed by atoms with Crippen molar-refractivity contribution in [3.8, 4) is 67.0 Å². The highest BCUT2D eigenvalue weighted by molar-refractivity contribution is 6.16. The number of anilines is 3. The van der Waals surface area contributed by atoms with Crippen molar-refractivity contribution in [2.75, 3.05) is 4.90 Å². The molecule has 102 heavy (non-hydrogen) atoms. The average Bonchev–Trinajstić information content (AvgIpc) is 1.52. The first kappa shape index (κ1) is 60.1. The van der Waals surface area contributed by atoms with E-state index in [9.17, 15) is 0 Å². The standard InChI is InChI=1S/C99H69N3/c1-3-4-12-31-67(2)98(73-32-13-5-14-33-73)90-62-68(70-52-58-87-85-46-27-29-48-94(85)101(96(87)65-70)78-42-23-10-24-43-78)50-55-81(90)82-57-53-71(64-91(82)98)88-60-72(61-89-86-47-28-30-49-95(86)102(97(88)89)79-44-25-11-26-45-79)69-51-56-83-84-59-54-80(100(76-38-19-8-20-39-76)77-40-21-9-22-41-77)66-93(84)99(92(83)63-69,74-34-15-6-16-35-74)75-36-17-7-18-37-75/h3-66H,2H2,1H3/b4-3-,31-12-. The number of nitrogens with zero attached hydrogens (tertiary/aromatic N) is 3. The highest BCUT2D eigenvalue weighted by Gasteiger charge is 2.48. The Morgan fingerprint density at radius 1 is 0.304 bits per heavy atom. The van der Waals surface area contributed by atoms with Crippen LogP contribution in [0.5, 0.6) is 0 Å². The summed E-state index contributed by atoms with van der Waals surface area (Å²) in [6.07, 6.45) is 8.60. The summed E-state index contributed by atoms with van der Waals surface area (Å²) in [4.78, 5) is 2.39. The number of hydrogen-bond acceptors (Lipinski definition) is 1. The molecule has 0 saturated carbocycles. The zero-order chi connectivity index (χ0) is 67.9. The first-order valence-corrected chi connectivity index (χ1v) is 35.4. The maximum absolute atomic E-state index is 5.17. The predicted molar refractivity (Wildman–Crippen MR) is 428 cm³/mol. The van der Waals surface area contributed by atoms with Crippen LogP contribution in [0.3, 0.4) is 0 Å². The van der Waals surface area contributed by atoms with Crippen molar-refractivity contribution in [2.24, 2.45) is 0 Å². The number of benzene rings is 15. The Labute approximate surface area is 595 Å². The number of para-hydroxylation sites is 6. The summed E-state index contributed by atoms with van der Waals surface area (Å²) >= 11 is 0. The molecule has 0 spiro atoms. The molecular weight excluding hydrogens is 1230 g/mol. The first-order valence-electron chi connectivity index (χ1n) is 35.4. The van der Waals surface area contributed by atoms with Crippen LogP contribution in [0.25, 0.3) is 111 Å². The highest BCUT2D eigenvalue weighted by Crippen LogP contribution is 2.61. The fraction of sp³-hybridized carbons (Fsp3) is 0.0303. The lowest BCUT2D eigenvalue weighted by Crippen LogP contribution is -2.28. The van der Waals surface area contributed by atoms with Crippen LogP contribution in [0, 0.1) is 0 Å². The molecule has 0 radical (unpaired) electrons. The van der Waals surface area contributed by atoms with Crippen molar-refractivity contribution in [2.45, 2.75) is 17.8 Å². The third kappa shape index (κ3) is 9.28. The van der Waals surface area contributed by atoms with Crippen molar-refractivity contribution in [3.63, 3.8) is 0 Å². The van der Waals surface area contributed by atoms with Crippen LogP contribution in [-0.2, 0) is 10.8 Å². The van der Waals surface area contributed by atoms with Gasteiger partial charge < -0.3 is 14.0 Å². The second kappa shape index (κ2) is 24.4. The zero-order valence-electron chi connectivity index (χ0n) is 56.5. The summed E-state index contributed by atoms with van der Waals surface area (Å²) in [5.74, 6) is 0. The largest absolute Gasteiger partial charge is 0.310 e. The fourth-order valence-electron chi connectivity index (χ4n) is 17.3. The van der Waals surface area contributed by atoms with Crippen molar-refractivity contribution in [1.29, 1.82) is 0 Å². The van der Waals surface area contributed by atoms with E-state index in [0.717, 1.165) is 84.0 Å². The molecule has 0 N–H and O–H groups in total. The number of aromatic nitrogens is 2. The molecule has 19 rings (SSSR count). The Morgan fingerprint density at radius 3 is 1.31 bits per heavy atom. The normalized spacial score (nSPS) is 14.2. The lowest BCUT2D eigenvalue weighted by molar-refractivity contribution is 0.768. The fourth-order valence-corrected chi connectivity index (χ4v) is 17.3.